The van der Waals surface area contributed by atoms with Gasteiger partial charge in [-0.25, -0.2) is 0 Å². The summed E-state index contributed by atoms with van der Waals surface area (Å²) in [6.45, 7) is 4.54. The van der Waals surface area contributed by atoms with E-state index in [4.69, 9.17) is 11.6 Å². The van der Waals surface area contributed by atoms with E-state index in [0.717, 1.165) is 22.6 Å². The lowest BCUT2D eigenvalue weighted by Gasteiger charge is -2.42. The number of quaternary nitrogens is 1. The fourth-order valence-corrected chi connectivity index (χ4v) is 3.44. The molecule has 1 atom stereocenters. The fraction of sp³-hybridized carbons (Fsp3) is 0.368. The summed E-state index contributed by atoms with van der Waals surface area (Å²) in [5.41, 5.74) is 2.53. The van der Waals surface area contributed by atoms with Crippen LogP contribution in [0.3, 0.4) is 0 Å². The zero-order valence-electron chi connectivity index (χ0n) is 13.4. The lowest BCUT2D eigenvalue weighted by molar-refractivity contribution is -0.894. The highest BCUT2D eigenvalue weighted by Gasteiger charge is 2.31. The van der Waals surface area contributed by atoms with Crippen molar-refractivity contribution in [1.82, 2.24) is 4.90 Å². The minimum atomic E-state index is 0.246. The van der Waals surface area contributed by atoms with Gasteiger partial charge in [0.15, 0.2) is 0 Å². The molecule has 0 bridgehead atoms. The molecule has 0 spiro atoms. The van der Waals surface area contributed by atoms with Crippen LogP contribution in [0.1, 0.15) is 17.2 Å². The monoisotopic (exact) mass is 315 g/mol. The van der Waals surface area contributed by atoms with Gasteiger partial charge < -0.3 is 4.48 Å². The van der Waals surface area contributed by atoms with Gasteiger partial charge in [0, 0.05) is 18.1 Å². The number of halogens is 1. The first-order chi connectivity index (χ1) is 10.6. The molecule has 0 aliphatic carbocycles. The Morgan fingerprint density at radius 1 is 0.909 bits per heavy atom. The van der Waals surface area contributed by atoms with Gasteiger partial charge in [-0.05, 0) is 17.2 Å². The molecule has 1 aliphatic rings. The molecule has 3 rings (SSSR count). The van der Waals surface area contributed by atoms with E-state index in [-0.39, 0.29) is 6.04 Å². The molecular weight excluding hydrogens is 292 g/mol. The number of piperazine rings is 1. The lowest BCUT2D eigenvalue weighted by Crippen LogP contribution is -2.55. The van der Waals surface area contributed by atoms with E-state index in [9.17, 15) is 0 Å². The third kappa shape index (κ3) is 3.35. The van der Waals surface area contributed by atoms with Crippen molar-refractivity contribution in [2.45, 2.75) is 6.04 Å². The quantitative estimate of drug-likeness (QED) is 0.778. The van der Waals surface area contributed by atoms with Crippen molar-refractivity contribution in [2.24, 2.45) is 0 Å². The van der Waals surface area contributed by atoms with Crippen LogP contribution >= 0.6 is 11.6 Å². The summed E-state index contributed by atoms with van der Waals surface area (Å²) in [4.78, 5) is 2.57. The highest BCUT2D eigenvalue weighted by molar-refractivity contribution is 6.31. The molecule has 22 heavy (non-hydrogen) atoms. The SMILES string of the molecule is C[N+]1(C)CCN(C(c2ccccc2)c2ccccc2Cl)CC1. The van der Waals surface area contributed by atoms with Crippen LogP contribution in [0.15, 0.2) is 54.6 Å². The fourth-order valence-electron chi connectivity index (χ4n) is 3.20. The molecule has 0 amide bonds. The van der Waals surface area contributed by atoms with Crippen molar-refractivity contribution in [3.05, 3.63) is 70.7 Å². The summed E-state index contributed by atoms with van der Waals surface area (Å²) in [5, 5.41) is 0.857. The van der Waals surface area contributed by atoms with Gasteiger partial charge in [-0.3, -0.25) is 4.90 Å². The van der Waals surface area contributed by atoms with Crippen LogP contribution in [0, 0.1) is 0 Å². The van der Waals surface area contributed by atoms with Crippen molar-refractivity contribution in [3.63, 3.8) is 0 Å². The molecule has 1 aliphatic heterocycles. The molecule has 0 saturated carbocycles. The number of nitrogens with zero attached hydrogens (tertiary/aromatic N) is 2. The molecule has 0 radical (unpaired) electrons. The molecule has 0 aromatic heterocycles. The van der Waals surface area contributed by atoms with E-state index in [1.807, 2.05) is 12.1 Å². The van der Waals surface area contributed by atoms with Crippen molar-refractivity contribution in [3.8, 4) is 0 Å². The molecular formula is C19H24ClN2+. The molecule has 2 nitrogen and oxygen atoms in total. The van der Waals surface area contributed by atoms with E-state index in [0.29, 0.717) is 0 Å². The van der Waals surface area contributed by atoms with Crippen LogP contribution in [-0.2, 0) is 0 Å². The van der Waals surface area contributed by atoms with Gasteiger partial charge in [0.05, 0.1) is 33.2 Å². The molecule has 0 N–H and O–H groups in total. The van der Waals surface area contributed by atoms with Crippen LogP contribution in [-0.4, -0.2) is 49.7 Å². The third-order valence-corrected chi connectivity index (χ3v) is 5.01. The van der Waals surface area contributed by atoms with E-state index in [2.05, 4.69) is 61.5 Å². The van der Waals surface area contributed by atoms with Gasteiger partial charge in [-0.2, -0.15) is 0 Å². The summed E-state index contributed by atoms with van der Waals surface area (Å²) in [5.74, 6) is 0. The Balaban J connectivity index is 1.96. The maximum atomic E-state index is 6.51. The van der Waals surface area contributed by atoms with Gasteiger partial charge >= 0.3 is 0 Å². The summed E-state index contributed by atoms with van der Waals surface area (Å²) in [6, 6.07) is 19.2. The number of hydrogen-bond acceptors (Lipinski definition) is 1. The molecule has 116 valence electrons. The predicted molar refractivity (Wildman–Crippen MR) is 93.2 cm³/mol. The first kappa shape index (κ1) is 15.5. The summed E-state index contributed by atoms with van der Waals surface area (Å²) >= 11 is 6.51. The van der Waals surface area contributed by atoms with Crippen LogP contribution < -0.4 is 0 Å². The highest BCUT2D eigenvalue weighted by Crippen LogP contribution is 2.34. The smallest absolute Gasteiger partial charge is 0.0912 e. The van der Waals surface area contributed by atoms with E-state index >= 15 is 0 Å². The Labute approximate surface area is 138 Å². The van der Waals surface area contributed by atoms with Gasteiger partial charge in [0.2, 0.25) is 0 Å². The summed E-state index contributed by atoms with van der Waals surface area (Å²) < 4.78 is 1.10. The van der Waals surface area contributed by atoms with Crippen molar-refractivity contribution in [2.75, 3.05) is 40.3 Å². The topological polar surface area (TPSA) is 3.24 Å². The number of likely N-dealkylation sites (N-methyl/N-ethyl adjacent to an activating group) is 1. The van der Waals surface area contributed by atoms with Crippen molar-refractivity contribution >= 4 is 11.6 Å². The Bertz CT molecular complexity index is 614. The Hall–Kier alpha value is -1.35. The molecule has 1 saturated heterocycles. The molecule has 1 fully saturated rings. The second-order valence-corrected chi connectivity index (χ2v) is 7.16. The number of rotatable bonds is 3. The summed E-state index contributed by atoms with van der Waals surface area (Å²) in [7, 11) is 4.62. The van der Waals surface area contributed by atoms with Crippen molar-refractivity contribution in [1.29, 1.82) is 0 Å². The highest BCUT2D eigenvalue weighted by atomic mass is 35.5. The number of benzene rings is 2. The lowest BCUT2D eigenvalue weighted by atomic mass is 9.96. The minimum absolute atomic E-state index is 0.246. The van der Waals surface area contributed by atoms with Crippen molar-refractivity contribution < 1.29 is 4.48 Å². The average Bonchev–Trinajstić information content (AvgIpc) is 2.52. The summed E-state index contributed by atoms with van der Waals surface area (Å²) in [6.07, 6.45) is 0. The van der Waals surface area contributed by atoms with Gasteiger partial charge in [-0.1, -0.05) is 60.1 Å². The maximum Gasteiger partial charge on any atom is 0.0912 e. The van der Waals surface area contributed by atoms with Gasteiger partial charge in [-0.15, -0.1) is 0 Å². The first-order valence-electron chi connectivity index (χ1n) is 7.92. The van der Waals surface area contributed by atoms with E-state index < -0.39 is 0 Å². The van der Waals surface area contributed by atoms with Crippen LogP contribution in [0.25, 0.3) is 0 Å². The first-order valence-corrected chi connectivity index (χ1v) is 8.30. The van der Waals surface area contributed by atoms with Crippen LogP contribution in [0.4, 0.5) is 0 Å². The van der Waals surface area contributed by atoms with Gasteiger partial charge in [0.25, 0.3) is 0 Å². The Morgan fingerprint density at radius 3 is 2.14 bits per heavy atom. The normalized spacial score (nSPS) is 19.8. The minimum Gasteiger partial charge on any atom is -0.326 e. The largest absolute Gasteiger partial charge is 0.326 e. The van der Waals surface area contributed by atoms with E-state index in [1.165, 1.54) is 24.2 Å². The maximum absolute atomic E-state index is 6.51. The predicted octanol–water partition coefficient (Wildman–Crippen LogP) is 3.82. The second-order valence-electron chi connectivity index (χ2n) is 6.75. The number of hydrogen-bond donors (Lipinski definition) is 0. The molecule has 1 unspecified atom stereocenters. The zero-order valence-corrected chi connectivity index (χ0v) is 14.1. The van der Waals surface area contributed by atoms with Gasteiger partial charge in [0.1, 0.15) is 0 Å². The molecule has 2 aromatic rings. The standard InChI is InChI=1S/C19H24ClN2/c1-22(2)14-12-21(13-15-22)19(16-8-4-3-5-9-16)17-10-6-7-11-18(17)20/h3-11,19H,12-15H2,1-2H3/q+1. The van der Waals surface area contributed by atoms with E-state index in [1.54, 1.807) is 0 Å². The Kier molecular flexibility index (Phi) is 4.53. The average molecular weight is 316 g/mol. The molecule has 2 aromatic carbocycles. The second kappa shape index (κ2) is 6.41. The zero-order chi connectivity index (χ0) is 15.6. The van der Waals surface area contributed by atoms with Crippen LogP contribution in [0.5, 0.6) is 0 Å². The Morgan fingerprint density at radius 2 is 1.50 bits per heavy atom. The molecule has 3 heteroatoms. The molecule has 1 heterocycles. The third-order valence-electron chi connectivity index (χ3n) is 4.67. The van der Waals surface area contributed by atoms with Crippen LogP contribution in [0.2, 0.25) is 5.02 Å².